The number of aromatic nitrogens is 2. The largest absolute Gasteiger partial charge is 0.444 e. The molecular weight excluding hydrogens is 222 g/mol. The van der Waals surface area contributed by atoms with Gasteiger partial charge in [-0.15, -0.1) is 5.10 Å². The van der Waals surface area contributed by atoms with Gasteiger partial charge < -0.3 is 9.47 Å². The highest BCUT2D eigenvalue weighted by Crippen LogP contribution is 2.27. The highest BCUT2D eigenvalue weighted by atomic mass is 16.6. The van der Waals surface area contributed by atoms with Gasteiger partial charge in [0.25, 0.3) is 0 Å². The number of ether oxygens (including phenoxy) is 2. The van der Waals surface area contributed by atoms with E-state index in [1.165, 1.54) is 0 Å². The predicted octanol–water partition coefficient (Wildman–Crippen LogP) is 1.89. The first-order valence-corrected chi connectivity index (χ1v) is 5.39. The van der Waals surface area contributed by atoms with E-state index >= 15 is 0 Å². The number of nitrogens with zero attached hydrogens (tertiary/aromatic N) is 2. The van der Waals surface area contributed by atoms with Gasteiger partial charge in [-0.2, -0.15) is 5.10 Å². The van der Waals surface area contributed by atoms with Crippen LogP contribution >= 0.6 is 0 Å². The van der Waals surface area contributed by atoms with Crippen LogP contribution in [0.5, 0.6) is 0 Å². The summed E-state index contributed by atoms with van der Waals surface area (Å²) in [6.45, 7) is 6.08. The van der Waals surface area contributed by atoms with Crippen LogP contribution in [-0.4, -0.2) is 28.5 Å². The highest BCUT2D eigenvalue weighted by Gasteiger charge is 2.26. The third kappa shape index (κ3) is 3.67. The Kier molecular flexibility index (Phi) is 2.97. The Hall–Kier alpha value is -1.69. The second-order valence-corrected chi connectivity index (χ2v) is 4.79. The summed E-state index contributed by atoms with van der Waals surface area (Å²) >= 11 is 0. The van der Waals surface area contributed by atoms with Crippen LogP contribution in [0.4, 0.5) is 10.6 Å². The number of anilines is 1. The van der Waals surface area contributed by atoms with Crippen LogP contribution in [0.25, 0.3) is 0 Å². The second-order valence-electron chi connectivity index (χ2n) is 4.79. The lowest BCUT2D eigenvalue weighted by Crippen LogP contribution is -2.27. The molecule has 0 saturated carbocycles. The van der Waals surface area contributed by atoms with Gasteiger partial charge in [0.15, 0.2) is 5.82 Å². The molecule has 2 heterocycles. The fourth-order valence-corrected chi connectivity index (χ4v) is 1.21. The molecule has 0 radical (unpaired) electrons. The number of hydrogen-bond acceptors (Lipinski definition) is 5. The van der Waals surface area contributed by atoms with Gasteiger partial charge in [0.1, 0.15) is 11.7 Å². The number of carbonyl (C=O) groups is 1. The molecule has 1 saturated heterocycles. The zero-order chi connectivity index (χ0) is 12.5. The Bertz CT molecular complexity index is 407. The van der Waals surface area contributed by atoms with E-state index in [2.05, 4.69) is 15.5 Å². The average molecular weight is 237 g/mol. The SMILES string of the molecule is CC(C)(C)OC(=O)Nc1ccc(C2CO2)nn1. The molecule has 0 aliphatic carbocycles. The van der Waals surface area contributed by atoms with Crippen LogP contribution in [0.3, 0.4) is 0 Å². The van der Waals surface area contributed by atoms with E-state index in [1.54, 1.807) is 32.9 Å². The molecule has 1 aliphatic rings. The number of amides is 1. The highest BCUT2D eigenvalue weighted by molar-refractivity contribution is 5.83. The third-order valence-corrected chi connectivity index (χ3v) is 1.98. The molecule has 2 rings (SSSR count). The summed E-state index contributed by atoms with van der Waals surface area (Å²) in [5, 5.41) is 10.3. The molecule has 17 heavy (non-hydrogen) atoms. The van der Waals surface area contributed by atoms with Crippen molar-refractivity contribution < 1.29 is 14.3 Å². The van der Waals surface area contributed by atoms with Crippen molar-refractivity contribution in [3.63, 3.8) is 0 Å². The number of epoxide rings is 1. The maximum absolute atomic E-state index is 11.4. The minimum Gasteiger partial charge on any atom is -0.444 e. The minimum atomic E-state index is -0.540. The molecule has 1 atom stereocenters. The van der Waals surface area contributed by atoms with Crippen molar-refractivity contribution >= 4 is 11.9 Å². The molecule has 0 bridgehead atoms. The van der Waals surface area contributed by atoms with E-state index in [0.29, 0.717) is 12.4 Å². The number of hydrogen-bond donors (Lipinski definition) is 1. The topological polar surface area (TPSA) is 76.6 Å². The van der Waals surface area contributed by atoms with E-state index in [4.69, 9.17) is 9.47 Å². The van der Waals surface area contributed by atoms with E-state index in [1.807, 2.05) is 0 Å². The van der Waals surface area contributed by atoms with Gasteiger partial charge >= 0.3 is 6.09 Å². The fourth-order valence-electron chi connectivity index (χ4n) is 1.21. The maximum Gasteiger partial charge on any atom is 0.413 e. The molecule has 1 amide bonds. The van der Waals surface area contributed by atoms with Crippen LogP contribution in [-0.2, 0) is 9.47 Å². The van der Waals surface area contributed by atoms with Crippen molar-refractivity contribution in [1.82, 2.24) is 10.2 Å². The van der Waals surface area contributed by atoms with Gasteiger partial charge in [-0.3, -0.25) is 5.32 Å². The Labute approximate surface area is 99.3 Å². The molecule has 1 aromatic heterocycles. The lowest BCUT2D eigenvalue weighted by Gasteiger charge is -2.19. The van der Waals surface area contributed by atoms with Crippen molar-refractivity contribution in [2.24, 2.45) is 0 Å². The van der Waals surface area contributed by atoms with Crippen LogP contribution in [0.15, 0.2) is 12.1 Å². The molecular formula is C11H15N3O3. The number of carbonyl (C=O) groups excluding carboxylic acids is 1. The van der Waals surface area contributed by atoms with E-state index in [0.717, 1.165) is 5.69 Å². The zero-order valence-electron chi connectivity index (χ0n) is 10.1. The van der Waals surface area contributed by atoms with E-state index in [-0.39, 0.29) is 6.10 Å². The molecule has 1 N–H and O–H groups in total. The summed E-state index contributed by atoms with van der Waals surface area (Å²) in [6, 6.07) is 3.45. The summed E-state index contributed by atoms with van der Waals surface area (Å²) in [7, 11) is 0. The van der Waals surface area contributed by atoms with Crippen LogP contribution in [0.1, 0.15) is 32.6 Å². The van der Waals surface area contributed by atoms with E-state index < -0.39 is 11.7 Å². The predicted molar refractivity (Wildman–Crippen MR) is 60.6 cm³/mol. The number of rotatable bonds is 2. The summed E-state index contributed by atoms with van der Waals surface area (Å²) in [4.78, 5) is 11.4. The average Bonchev–Trinajstić information content (AvgIpc) is 2.99. The lowest BCUT2D eigenvalue weighted by atomic mass is 10.2. The summed E-state index contributed by atoms with van der Waals surface area (Å²) < 4.78 is 10.2. The number of nitrogens with one attached hydrogen (secondary N) is 1. The van der Waals surface area contributed by atoms with Gasteiger partial charge in [-0.05, 0) is 32.9 Å². The Balaban J connectivity index is 1.92. The summed E-state index contributed by atoms with van der Waals surface area (Å²) in [6.07, 6.45) is -0.472. The first-order valence-electron chi connectivity index (χ1n) is 5.39. The molecule has 1 fully saturated rings. The van der Waals surface area contributed by atoms with Gasteiger partial charge in [0.2, 0.25) is 0 Å². The monoisotopic (exact) mass is 237 g/mol. The summed E-state index contributed by atoms with van der Waals surface area (Å²) in [5.41, 5.74) is 0.249. The van der Waals surface area contributed by atoms with Gasteiger partial charge in [0.05, 0.1) is 12.3 Å². The normalized spacial score (nSPS) is 18.6. The Morgan fingerprint density at radius 1 is 1.47 bits per heavy atom. The van der Waals surface area contributed by atoms with Crippen LogP contribution in [0, 0.1) is 0 Å². The molecule has 0 aromatic carbocycles. The second kappa shape index (κ2) is 4.29. The first-order chi connectivity index (χ1) is 7.94. The Morgan fingerprint density at radius 2 is 2.18 bits per heavy atom. The maximum atomic E-state index is 11.4. The van der Waals surface area contributed by atoms with Crippen molar-refractivity contribution in [2.45, 2.75) is 32.5 Å². The first kappa shape index (κ1) is 11.8. The smallest absolute Gasteiger partial charge is 0.413 e. The molecule has 1 aromatic rings. The fraction of sp³-hybridized carbons (Fsp3) is 0.545. The molecule has 1 aliphatic heterocycles. The summed E-state index contributed by atoms with van der Waals surface area (Å²) in [5.74, 6) is 0.364. The van der Waals surface area contributed by atoms with Crippen LogP contribution < -0.4 is 5.32 Å². The molecule has 92 valence electrons. The van der Waals surface area contributed by atoms with Gasteiger partial charge in [0, 0.05) is 0 Å². The van der Waals surface area contributed by atoms with Gasteiger partial charge in [-0.1, -0.05) is 0 Å². The third-order valence-electron chi connectivity index (χ3n) is 1.98. The van der Waals surface area contributed by atoms with Crippen molar-refractivity contribution in [3.8, 4) is 0 Å². The minimum absolute atomic E-state index is 0.0677. The standard InChI is InChI=1S/C11H15N3O3/c1-11(2,3)17-10(15)12-9-5-4-7(13-14-9)8-6-16-8/h4-5,8H,6H2,1-3H3,(H,12,14,15). The quantitative estimate of drug-likeness (QED) is 0.795. The molecule has 0 spiro atoms. The van der Waals surface area contributed by atoms with E-state index in [9.17, 15) is 4.79 Å². The molecule has 1 unspecified atom stereocenters. The van der Waals surface area contributed by atoms with Crippen molar-refractivity contribution in [2.75, 3.05) is 11.9 Å². The molecule has 6 nitrogen and oxygen atoms in total. The van der Waals surface area contributed by atoms with Crippen molar-refractivity contribution in [3.05, 3.63) is 17.8 Å². The molecule has 6 heteroatoms. The lowest BCUT2D eigenvalue weighted by molar-refractivity contribution is 0.0635. The van der Waals surface area contributed by atoms with Crippen LogP contribution in [0.2, 0.25) is 0 Å². The van der Waals surface area contributed by atoms with Crippen molar-refractivity contribution in [1.29, 1.82) is 0 Å². The van der Waals surface area contributed by atoms with Gasteiger partial charge in [-0.25, -0.2) is 4.79 Å². The zero-order valence-corrected chi connectivity index (χ0v) is 10.1. The Morgan fingerprint density at radius 3 is 2.65 bits per heavy atom.